The predicted octanol–water partition coefficient (Wildman–Crippen LogP) is 4.44. The van der Waals surface area contributed by atoms with Crippen LogP contribution >= 0.6 is 11.3 Å². The van der Waals surface area contributed by atoms with E-state index < -0.39 is 0 Å². The highest BCUT2D eigenvalue weighted by Gasteiger charge is 2.30. The molecule has 1 N–H and O–H groups in total. The van der Waals surface area contributed by atoms with E-state index in [1.807, 2.05) is 12.4 Å². The van der Waals surface area contributed by atoms with Gasteiger partial charge in [-0.1, -0.05) is 0 Å². The Labute approximate surface area is 186 Å². The Bertz CT molecular complexity index is 1030. The van der Waals surface area contributed by atoms with E-state index in [1.54, 1.807) is 42.7 Å². The van der Waals surface area contributed by atoms with Gasteiger partial charge in [0.15, 0.2) is 0 Å². The molecule has 0 bridgehead atoms. The molecular formula is C24H27N3O3S. The average molecular weight is 438 g/mol. The number of thiophene rings is 1. The summed E-state index contributed by atoms with van der Waals surface area (Å²) in [7, 11) is 1.61. The fourth-order valence-electron chi connectivity index (χ4n) is 3.93. The predicted molar refractivity (Wildman–Crippen MR) is 123 cm³/mol. The number of amides is 1. The SMILES string of the molecule is COc1ccc(C(=O)Nc2sc(C)c(C)c2C(c2ccncc2)N2CCOCC2)cc1. The topological polar surface area (TPSA) is 63.7 Å². The molecule has 0 radical (unpaired) electrons. The molecule has 3 aromatic rings. The normalized spacial score (nSPS) is 15.5. The molecule has 6 nitrogen and oxygen atoms in total. The summed E-state index contributed by atoms with van der Waals surface area (Å²) in [4.78, 5) is 20.9. The third-order valence-electron chi connectivity index (χ3n) is 5.72. The van der Waals surface area contributed by atoms with Gasteiger partial charge >= 0.3 is 0 Å². The molecule has 1 amide bonds. The molecule has 1 aliphatic rings. The minimum Gasteiger partial charge on any atom is -0.497 e. The molecule has 3 heterocycles. The van der Waals surface area contributed by atoms with Crippen molar-refractivity contribution < 1.29 is 14.3 Å². The van der Waals surface area contributed by atoms with E-state index in [0.717, 1.165) is 35.0 Å². The summed E-state index contributed by atoms with van der Waals surface area (Å²) in [6, 6.07) is 11.3. The van der Waals surface area contributed by atoms with Crippen LogP contribution < -0.4 is 10.1 Å². The number of hydrogen-bond donors (Lipinski definition) is 1. The number of ether oxygens (including phenoxy) is 2. The van der Waals surface area contributed by atoms with Gasteiger partial charge < -0.3 is 14.8 Å². The zero-order chi connectivity index (χ0) is 21.8. The number of rotatable bonds is 6. The van der Waals surface area contributed by atoms with Gasteiger partial charge in [0.25, 0.3) is 5.91 Å². The first-order valence-electron chi connectivity index (χ1n) is 10.4. The van der Waals surface area contributed by atoms with E-state index >= 15 is 0 Å². The van der Waals surface area contributed by atoms with Gasteiger partial charge in [0.1, 0.15) is 10.8 Å². The molecule has 1 aromatic carbocycles. The summed E-state index contributed by atoms with van der Waals surface area (Å²) < 4.78 is 10.8. The highest BCUT2D eigenvalue weighted by Crippen LogP contribution is 2.42. The Morgan fingerprint density at radius 1 is 1.13 bits per heavy atom. The molecule has 1 atom stereocenters. The molecule has 0 saturated carbocycles. The van der Waals surface area contributed by atoms with Crippen molar-refractivity contribution in [1.29, 1.82) is 0 Å². The highest BCUT2D eigenvalue weighted by molar-refractivity contribution is 7.16. The number of morpholine rings is 1. The number of hydrogen-bond acceptors (Lipinski definition) is 6. The lowest BCUT2D eigenvalue weighted by molar-refractivity contribution is 0.0240. The van der Waals surface area contributed by atoms with Crippen molar-refractivity contribution >= 4 is 22.2 Å². The average Bonchev–Trinajstić information content (AvgIpc) is 3.08. The van der Waals surface area contributed by atoms with Crippen LogP contribution in [0.3, 0.4) is 0 Å². The molecule has 0 spiro atoms. The first-order valence-corrected chi connectivity index (χ1v) is 11.2. The Kier molecular flexibility index (Phi) is 6.65. The smallest absolute Gasteiger partial charge is 0.256 e. The third-order valence-corrected chi connectivity index (χ3v) is 6.86. The van der Waals surface area contributed by atoms with E-state index in [1.165, 1.54) is 10.4 Å². The van der Waals surface area contributed by atoms with Gasteiger partial charge in [0.05, 0.1) is 26.4 Å². The number of methoxy groups -OCH3 is 1. The van der Waals surface area contributed by atoms with Crippen LogP contribution in [0.2, 0.25) is 0 Å². The van der Waals surface area contributed by atoms with Crippen molar-refractivity contribution in [3.63, 3.8) is 0 Å². The van der Waals surface area contributed by atoms with Gasteiger partial charge in [-0.25, -0.2) is 0 Å². The summed E-state index contributed by atoms with van der Waals surface area (Å²) in [6.45, 7) is 7.34. The van der Waals surface area contributed by atoms with E-state index in [9.17, 15) is 4.79 Å². The largest absolute Gasteiger partial charge is 0.497 e. The standard InChI is InChI=1S/C24H27N3O3S/c1-16-17(2)31-24(26-23(28)19-4-6-20(29-3)7-5-19)21(16)22(18-8-10-25-11-9-18)27-12-14-30-15-13-27/h4-11,22H,12-15H2,1-3H3,(H,26,28). The minimum atomic E-state index is -0.124. The van der Waals surface area contributed by atoms with Crippen LogP contribution in [0, 0.1) is 13.8 Å². The highest BCUT2D eigenvalue weighted by atomic mass is 32.1. The molecule has 1 fully saturated rings. The van der Waals surface area contributed by atoms with Gasteiger partial charge in [0, 0.05) is 41.5 Å². The zero-order valence-corrected chi connectivity index (χ0v) is 18.9. The van der Waals surface area contributed by atoms with Crippen molar-refractivity contribution in [3.8, 4) is 5.75 Å². The molecule has 1 unspecified atom stereocenters. The van der Waals surface area contributed by atoms with Gasteiger partial charge in [-0.15, -0.1) is 11.3 Å². The fraction of sp³-hybridized carbons (Fsp3) is 0.333. The lowest BCUT2D eigenvalue weighted by Crippen LogP contribution is -2.40. The molecule has 1 aliphatic heterocycles. The lowest BCUT2D eigenvalue weighted by Gasteiger charge is -2.35. The molecular weight excluding hydrogens is 410 g/mol. The summed E-state index contributed by atoms with van der Waals surface area (Å²) in [5.41, 5.74) is 4.13. The summed E-state index contributed by atoms with van der Waals surface area (Å²) in [6.07, 6.45) is 3.65. The van der Waals surface area contributed by atoms with E-state index in [-0.39, 0.29) is 11.9 Å². The van der Waals surface area contributed by atoms with Crippen LogP contribution in [-0.4, -0.2) is 49.2 Å². The van der Waals surface area contributed by atoms with E-state index in [0.29, 0.717) is 18.8 Å². The van der Waals surface area contributed by atoms with Crippen molar-refractivity contribution in [2.75, 3.05) is 38.7 Å². The number of nitrogens with zero attached hydrogens (tertiary/aromatic N) is 2. The number of nitrogens with one attached hydrogen (secondary N) is 1. The number of aryl methyl sites for hydroxylation is 1. The maximum atomic E-state index is 13.0. The second-order valence-electron chi connectivity index (χ2n) is 7.54. The van der Waals surface area contributed by atoms with Crippen LogP contribution in [-0.2, 0) is 4.74 Å². The number of pyridine rings is 1. The zero-order valence-electron chi connectivity index (χ0n) is 18.1. The number of anilines is 1. The van der Waals surface area contributed by atoms with Gasteiger partial charge in [-0.05, 0) is 61.4 Å². The second kappa shape index (κ2) is 9.60. The fourth-order valence-corrected chi connectivity index (χ4v) is 5.01. The van der Waals surface area contributed by atoms with Crippen molar-refractivity contribution in [2.45, 2.75) is 19.9 Å². The monoisotopic (exact) mass is 437 g/mol. The number of aromatic nitrogens is 1. The molecule has 7 heteroatoms. The Hall–Kier alpha value is -2.74. The minimum absolute atomic E-state index is 0.0306. The van der Waals surface area contributed by atoms with Crippen LogP contribution in [0.1, 0.15) is 38.0 Å². The first-order chi connectivity index (χ1) is 15.1. The molecule has 0 aliphatic carbocycles. The summed E-state index contributed by atoms with van der Waals surface area (Å²) in [5.74, 6) is 0.603. The van der Waals surface area contributed by atoms with Crippen LogP contribution in [0.5, 0.6) is 5.75 Å². The quantitative estimate of drug-likeness (QED) is 0.618. The molecule has 1 saturated heterocycles. The maximum absolute atomic E-state index is 13.0. The Morgan fingerprint density at radius 2 is 1.81 bits per heavy atom. The third kappa shape index (κ3) is 4.63. The maximum Gasteiger partial charge on any atom is 0.256 e. The Morgan fingerprint density at radius 3 is 2.45 bits per heavy atom. The number of carbonyl (C=O) groups excluding carboxylic acids is 1. The number of carbonyl (C=O) groups is 1. The van der Waals surface area contributed by atoms with Gasteiger partial charge in [-0.3, -0.25) is 14.7 Å². The van der Waals surface area contributed by atoms with E-state index in [2.05, 4.69) is 41.2 Å². The first kappa shape index (κ1) is 21.5. The Balaban J connectivity index is 1.71. The molecule has 2 aromatic heterocycles. The lowest BCUT2D eigenvalue weighted by atomic mass is 9.95. The number of benzene rings is 1. The summed E-state index contributed by atoms with van der Waals surface area (Å²) >= 11 is 1.63. The molecule has 162 valence electrons. The van der Waals surface area contributed by atoms with Crippen molar-refractivity contribution in [2.24, 2.45) is 0 Å². The van der Waals surface area contributed by atoms with Crippen LogP contribution in [0.25, 0.3) is 0 Å². The molecule has 31 heavy (non-hydrogen) atoms. The van der Waals surface area contributed by atoms with Crippen molar-refractivity contribution in [3.05, 3.63) is 75.9 Å². The molecule has 4 rings (SSSR count). The van der Waals surface area contributed by atoms with Gasteiger partial charge in [-0.2, -0.15) is 0 Å². The summed E-state index contributed by atoms with van der Waals surface area (Å²) in [5, 5.41) is 4.07. The van der Waals surface area contributed by atoms with Crippen LogP contribution in [0.4, 0.5) is 5.00 Å². The van der Waals surface area contributed by atoms with E-state index in [4.69, 9.17) is 9.47 Å². The van der Waals surface area contributed by atoms with Crippen molar-refractivity contribution in [1.82, 2.24) is 9.88 Å². The van der Waals surface area contributed by atoms with Crippen LogP contribution in [0.15, 0.2) is 48.8 Å². The van der Waals surface area contributed by atoms with Gasteiger partial charge in [0.2, 0.25) is 0 Å². The second-order valence-corrected chi connectivity index (χ2v) is 8.76.